The minimum absolute atomic E-state index is 0.0373. The van der Waals surface area contributed by atoms with Crippen LogP contribution in [0.5, 0.6) is 5.75 Å². The van der Waals surface area contributed by atoms with Crippen LogP contribution in [0, 0.1) is 0 Å². The maximum Gasteiger partial charge on any atom is 0.180 e. The molecule has 0 saturated heterocycles. The van der Waals surface area contributed by atoms with Crippen molar-refractivity contribution in [2.24, 2.45) is 0 Å². The fourth-order valence-electron chi connectivity index (χ4n) is 1.49. The molecule has 0 heterocycles. The van der Waals surface area contributed by atoms with Gasteiger partial charge >= 0.3 is 0 Å². The first-order valence-electron chi connectivity index (χ1n) is 4.83. The van der Waals surface area contributed by atoms with E-state index in [0.717, 1.165) is 11.4 Å². The van der Waals surface area contributed by atoms with Gasteiger partial charge in [0.1, 0.15) is 0 Å². The first-order chi connectivity index (χ1) is 7.27. The zero-order chi connectivity index (χ0) is 10.7. The molecule has 2 aromatic rings. The molecular weight excluding hydrogens is 186 g/mol. The summed E-state index contributed by atoms with van der Waals surface area (Å²) in [5, 5.41) is 11.2. The normalized spacial score (nSPS) is 9.93. The van der Waals surface area contributed by atoms with Gasteiger partial charge in [-0.3, -0.25) is 5.11 Å². The molecule has 0 fully saturated rings. The lowest BCUT2D eigenvalue weighted by atomic mass is 10.2. The largest absolute Gasteiger partial charge is 0.345 e. The van der Waals surface area contributed by atoms with Crippen LogP contribution < -0.4 is 4.90 Å². The Hall–Kier alpha value is -1.96. The summed E-state index contributed by atoms with van der Waals surface area (Å²) < 4.78 is 0. The van der Waals surface area contributed by atoms with Gasteiger partial charge in [0, 0.05) is 24.5 Å². The van der Waals surface area contributed by atoms with Crippen molar-refractivity contribution in [2.75, 3.05) is 11.9 Å². The number of benzene rings is 2. The van der Waals surface area contributed by atoms with Crippen LogP contribution in [0.1, 0.15) is 0 Å². The standard InChI is InChI=1S/C13H12NO/c1-14(11-6-3-2-4-7-11)12-8-5-9-13(15)10-12/h2-10H,1H3. The molecule has 1 radical (unpaired) electrons. The first-order valence-corrected chi connectivity index (χ1v) is 4.83. The molecule has 0 atom stereocenters. The SMILES string of the molecule is CN(c1ccccc1)c1cccc([O])c1. The highest BCUT2D eigenvalue weighted by Gasteiger charge is 2.03. The number of nitrogens with zero attached hydrogens (tertiary/aromatic N) is 1. The molecule has 0 bridgehead atoms. The third kappa shape index (κ3) is 2.10. The van der Waals surface area contributed by atoms with Crippen LogP contribution in [0.3, 0.4) is 0 Å². The number of hydrogen-bond acceptors (Lipinski definition) is 1. The highest BCUT2D eigenvalue weighted by atomic mass is 16.3. The molecule has 2 heteroatoms. The number of para-hydroxylation sites is 1. The second-order valence-electron chi connectivity index (χ2n) is 3.39. The van der Waals surface area contributed by atoms with Crippen molar-refractivity contribution >= 4 is 11.4 Å². The van der Waals surface area contributed by atoms with Crippen molar-refractivity contribution in [3.63, 3.8) is 0 Å². The van der Waals surface area contributed by atoms with Crippen molar-refractivity contribution in [1.29, 1.82) is 0 Å². The van der Waals surface area contributed by atoms with Crippen LogP contribution in [0.25, 0.3) is 0 Å². The van der Waals surface area contributed by atoms with E-state index in [4.69, 9.17) is 0 Å². The Labute approximate surface area is 89.4 Å². The summed E-state index contributed by atoms with van der Waals surface area (Å²) in [4.78, 5) is 1.99. The van der Waals surface area contributed by atoms with Gasteiger partial charge in [0.05, 0.1) is 0 Å². The van der Waals surface area contributed by atoms with Gasteiger partial charge in [-0.1, -0.05) is 24.3 Å². The highest BCUT2D eigenvalue weighted by molar-refractivity contribution is 5.63. The summed E-state index contributed by atoms with van der Waals surface area (Å²) in [6.45, 7) is 0. The molecule has 2 nitrogen and oxygen atoms in total. The smallest absolute Gasteiger partial charge is 0.180 e. The van der Waals surface area contributed by atoms with Gasteiger partial charge in [-0.05, 0) is 24.3 Å². The summed E-state index contributed by atoms with van der Waals surface area (Å²) in [6, 6.07) is 16.8. The van der Waals surface area contributed by atoms with Crippen LogP contribution >= 0.6 is 0 Å². The highest BCUT2D eigenvalue weighted by Crippen LogP contribution is 2.25. The Morgan fingerprint density at radius 1 is 0.867 bits per heavy atom. The summed E-state index contributed by atoms with van der Waals surface area (Å²) >= 11 is 0. The summed E-state index contributed by atoms with van der Waals surface area (Å²) in [5.74, 6) is 0.0373. The molecule has 0 N–H and O–H groups in total. The number of rotatable bonds is 2. The van der Waals surface area contributed by atoms with Crippen LogP contribution in [0.4, 0.5) is 11.4 Å². The third-order valence-corrected chi connectivity index (χ3v) is 2.35. The second-order valence-corrected chi connectivity index (χ2v) is 3.39. The van der Waals surface area contributed by atoms with Gasteiger partial charge in [-0.2, -0.15) is 0 Å². The molecule has 15 heavy (non-hydrogen) atoms. The minimum atomic E-state index is 0.0373. The molecule has 2 rings (SSSR count). The van der Waals surface area contributed by atoms with Crippen LogP contribution in [0.2, 0.25) is 0 Å². The Bertz CT molecular complexity index is 439. The summed E-state index contributed by atoms with van der Waals surface area (Å²) in [5.41, 5.74) is 1.98. The van der Waals surface area contributed by atoms with E-state index in [1.807, 2.05) is 48.3 Å². The average molecular weight is 198 g/mol. The number of anilines is 2. The van der Waals surface area contributed by atoms with Crippen LogP contribution in [-0.2, 0) is 5.11 Å². The zero-order valence-corrected chi connectivity index (χ0v) is 8.55. The van der Waals surface area contributed by atoms with E-state index in [9.17, 15) is 5.11 Å². The van der Waals surface area contributed by atoms with Crippen LogP contribution in [0.15, 0.2) is 54.6 Å². The Balaban J connectivity index is 2.32. The van der Waals surface area contributed by atoms with E-state index in [-0.39, 0.29) is 5.75 Å². The third-order valence-electron chi connectivity index (χ3n) is 2.35. The Morgan fingerprint density at radius 2 is 1.53 bits per heavy atom. The van der Waals surface area contributed by atoms with Gasteiger partial charge in [-0.15, -0.1) is 0 Å². The van der Waals surface area contributed by atoms with Gasteiger partial charge in [0.25, 0.3) is 0 Å². The average Bonchev–Trinajstić information content (AvgIpc) is 2.29. The Kier molecular flexibility index (Phi) is 2.59. The summed E-state index contributed by atoms with van der Waals surface area (Å²) in [6.07, 6.45) is 0. The molecule has 0 aliphatic heterocycles. The quantitative estimate of drug-likeness (QED) is 0.723. The molecule has 0 unspecified atom stereocenters. The molecule has 0 aliphatic rings. The van der Waals surface area contributed by atoms with Gasteiger partial charge in [0.15, 0.2) is 5.75 Å². The van der Waals surface area contributed by atoms with E-state index in [2.05, 4.69) is 0 Å². The molecule has 0 saturated carbocycles. The predicted molar refractivity (Wildman–Crippen MR) is 61.1 cm³/mol. The van der Waals surface area contributed by atoms with E-state index in [1.165, 1.54) is 0 Å². The molecular formula is C13H12NO. The van der Waals surface area contributed by atoms with Crippen molar-refractivity contribution in [2.45, 2.75) is 0 Å². The predicted octanol–water partition coefficient (Wildman–Crippen LogP) is 3.60. The lowest BCUT2D eigenvalue weighted by Gasteiger charge is -2.19. The van der Waals surface area contributed by atoms with E-state index in [0.29, 0.717) is 0 Å². The monoisotopic (exact) mass is 198 g/mol. The van der Waals surface area contributed by atoms with Crippen LogP contribution in [-0.4, -0.2) is 7.05 Å². The molecule has 75 valence electrons. The van der Waals surface area contributed by atoms with Crippen molar-refractivity contribution in [3.8, 4) is 5.75 Å². The van der Waals surface area contributed by atoms with Gasteiger partial charge in [-0.25, -0.2) is 0 Å². The van der Waals surface area contributed by atoms with Crippen molar-refractivity contribution in [3.05, 3.63) is 54.6 Å². The molecule has 0 spiro atoms. The first kappa shape index (κ1) is 9.59. The molecule has 0 aromatic heterocycles. The molecule has 0 amide bonds. The van der Waals surface area contributed by atoms with Gasteiger partial charge in [0.2, 0.25) is 0 Å². The topological polar surface area (TPSA) is 23.1 Å². The zero-order valence-electron chi connectivity index (χ0n) is 8.55. The maximum atomic E-state index is 11.2. The van der Waals surface area contributed by atoms with E-state index >= 15 is 0 Å². The summed E-state index contributed by atoms with van der Waals surface area (Å²) in [7, 11) is 1.95. The molecule has 0 aliphatic carbocycles. The van der Waals surface area contributed by atoms with Crippen molar-refractivity contribution in [1.82, 2.24) is 0 Å². The Morgan fingerprint density at radius 3 is 2.20 bits per heavy atom. The van der Waals surface area contributed by atoms with E-state index in [1.54, 1.807) is 18.2 Å². The van der Waals surface area contributed by atoms with Gasteiger partial charge < -0.3 is 4.90 Å². The second kappa shape index (κ2) is 4.05. The molecule has 2 aromatic carbocycles. The lowest BCUT2D eigenvalue weighted by molar-refractivity contribution is 0.355. The maximum absolute atomic E-state index is 11.2. The van der Waals surface area contributed by atoms with Crippen molar-refractivity contribution < 1.29 is 5.11 Å². The lowest BCUT2D eigenvalue weighted by Crippen LogP contribution is -2.08. The van der Waals surface area contributed by atoms with E-state index < -0.39 is 0 Å². The minimum Gasteiger partial charge on any atom is -0.345 e. The number of hydrogen-bond donors (Lipinski definition) is 0. The fraction of sp³-hybridized carbons (Fsp3) is 0.0769. The fourth-order valence-corrected chi connectivity index (χ4v) is 1.49.